The fourth-order valence-electron chi connectivity index (χ4n) is 2.41. The Hall–Kier alpha value is -2.82. The fourth-order valence-corrected chi connectivity index (χ4v) is 2.60. The standard InChI is InChI=1S/C19H21ClN4O3/c1-23(13-18(25)22-17-8-3-2-7-16(17)20)19(26)14-24(10-5-9-21)12-15-6-4-11-27-15/h2-4,6-8,11H,5,10,12-14H2,1H3,(H,22,25). The Morgan fingerprint density at radius 3 is 2.67 bits per heavy atom. The van der Waals surface area contributed by atoms with E-state index in [1.807, 2.05) is 11.0 Å². The number of carbonyl (C=O) groups is 2. The van der Waals surface area contributed by atoms with E-state index in [-0.39, 0.29) is 24.9 Å². The van der Waals surface area contributed by atoms with Crippen LogP contribution in [0.1, 0.15) is 12.2 Å². The highest BCUT2D eigenvalue weighted by molar-refractivity contribution is 6.33. The van der Waals surface area contributed by atoms with Gasteiger partial charge in [-0.1, -0.05) is 23.7 Å². The lowest BCUT2D eigenvalue weighted by molar-refractivity contribution is -0.134. The molecule has 0 spiro atoms. The summed E-state index contributed by atoms with van der Waals surface area (Å²) in [4.78, 5) is 27.8. The maximum Gasteiger partial charge on any atom is 0.244 e. The number of hydrogen-bond donors (Lipinski definition) is 1. The number of likely N-dealkylation sites (N-methyl/N-ethyl adjacent to an activating group) is 1. The number of hydrogen-bond acceptors (Lipinski definition) is 5. The molecule has 0 saturated heterocycles. The van der Waals surface area contributed by atoms with Crippen LogP contribution in [0.25, 0.3) is 0 Å². The summed E-state index contributed by atoms with van der Waals surface area (Å²) in [5.74, 6) is 0.141. The van der Waals surface area contributed by atoms with Crippen molar-refractivity contribution in [3.05, 3.63) is 53.4 Å². The zero-order chi connectivity index (χ0) is 19.6. The first-order valence-electron chi connectivity index (χ1n) is 8.39. The number of rotatable bonds is 9. The van der Waals surface area contributed by atoms with Gasteiger partial charge in [-0.3, -0.25) is 14.5 Å². The van der Waals surface area contributed by atoms with Gasteiger partial charge in [0.05, 0.1) is 42.7 Å². The first kappa shape index (κ1) is 20.5. The third-order valence-corrected chi connectivity index (χ3v) is 4.14. The van der Waals surface area contributed by atoms with Gasteiger partial charge in [-0.2, -0.15) is 5.26 Å². The molecule has 142 valence electrons. The van der Waals surface area contributed by atoms with Crippen LogP contribution in [-0.2, 0) is 16.1 Å². The topological polar surface area (TPSA) is 89.6 Å². The van der Waals surface area contributed by atoms with Crippen molar-refractivity contribution in [2.45, 2.75) is 13.0 Å². The Kier molecular flexibility index (Phi) is 7.86. The van der Waals surface area contributed by atoms with Gasteiger partial charge in [0.2, 0.25) is 11.8 Å². The third-order valence-electron chi connectivity index (χ3n) is 3.81. The van der Waals surface area contributed by atoms with Gasteiger partial charge in [0.1, 0.15) is 5.76 Å². The third kappa shape index (κ3) is 6.77. The van der Waals surface area contributed by atoms with Crippen LogP contribution in [0.5, 0.6) is 0 Å². The van der Waals surface area contributed by atoms with E-state index < -0.39 is 0 Å². The van der Waals surface area contributed by atoms with E-state index in [0.29, 0.717) is 36.0 Å². The highest BCUT2D eigenvalue weighted by Crippen LogP contribution is 2.20. The molecule has 8 heteroatoms. The molecule has 0 atom stereocenters. The first-order chi connectivity index (χ1) is 13.0. The molecule has 0 unspecified atom stereocenters. The van der Waals surface area contributed by atoms with Gasteiger partial charge >= 0.3 is 0 Å². The maximum atomic E-state index is 12.5. The number of furan rings is 1. The van der Waals surface area contributed by atoms with Crippen molar-refractivity contribution in [1.82, 2.24) is 9.80 Å². The minimum atomic E-state index is -0.339. The molecular formula is C19H21ClN4O3. The number of amides is 2. The van der Waals surface area contributed by atoms with Gasteiger partial charge in [0.15, 0.2) is 0 Å². The quantitative estimate of drug-likeness (QED) is 0.713. The zero-order valence-corrected chi connectivity index (χ0v) is 15.8. The molecular weight excluding hydrogens is 368 g/mol. The molecule has 0 aliphatic carbocycles. The molecule has 0 bridgehead atoms. The number of benzene rings is 1. The molecule has 1 aromatic heterocycles. The summed E-state index contributed by atoms with van der Waals surface area (Å²) < 4.78 is 5.30. The number of nitrogens with zero attached hydrogens (tertiary/aromatic N) is 3. The second kappa shape index (κ2) is 10.4. The molecule has 27 heavy (non-hydrogen) atoms. The van der Waals surface area contributed by atoms with E-state index in [1.54, 1.807) is 43.6 Å². The van der Waals surface area contributed by atoms with Gasteiger partial charge < -0.3 is 14.6 Å². The van der Waals surface area contributed by atoms with Crippen LogP contribution in [0.2, 0.25) is 5.02 Å². The zero-order valence-electron chi connectivity index (χ0n) is 15.0. The van der Waals surface area contributed by atoms with Crippen LogP contribution in [0.3, 0.4) is 0 Å². The summed E-state index contributed by atoms with van der Waals surface area (Å²) in [5.41, 5.74) is 0.499. The molecule has 1 heterocycles. The van der Waals surface area contributed by atoms with Gasteiger partial charge in [0, 0.05) is 20.0 Å². The van der Waals surface area contributed by atoms with Crippen molar-refractivity contribution in [2.75, 3.05) is 32.0 Å². The van der Waals surface area contributed by atoms with Crippen molar-refractivity contribution in [1.29, 1.82) is 5.26 Å². The molecule has 0 radical (unpaired) electrons. The van der Waals surface area contributed by atoms with Crippen molar-refractivity contribution in [2.24, 2.45) is 0 Å². The number of nitriles is 1. The molecule has 0 saturated carbocycles. The van der Waals surface area contributed by atoms with Crippen molar-refractivity contribution >= 4 is 29.1 Å². The van der Waals surface area contributed by atoms with Crippen LogP contribution in [0.15, 0.2) is 47.1 Å². The Morgan fingerprint density at radius 2 is 2.00 bits per heavy atom. The summed E-state index contributed by atoms with van der Waals surface area (Å²) >= 11 is 6.02. The van der Waals surface area contributed by atoms with Crippen LogP contribution in [-0.4, -0.2) is 48.3 Å². The summed E-state index contributed by atoms with van der Waals surface area (Å²) in [6.45, 7) is 0.831. The van der Waals surface area contributed by atoms with Gasteiger partial charge in [0.25, 0.3) is 0 Å². The summed E-state index contributed by atoms with van der Waals surface area (Å²) in [7, 11) is 1.56. The normalized spacial score (nSPS) is 10.4. The van der Waals surface area contributed by atoms with Crippen molar-refractivity contribution < 1.29 is 14.0 Å². The number of halogens is 1. The van der Waals surface area contributed by atoms with E-state index in [9.17, 15) is 9.59 Å². The molecule has 0 aliphatic heterocycles. The minimum absolute atomic E-state index is 0.0816. The van der Waals surface area contributed by atoms with E-state index in [0.717, 1.165) is 0 Å². The van der Waals surface area contributed by atoms with Crippen molar-refractivity contribution in [3.8, 4) is 6.07 Å². The summed E-state index contributed by atoms with van der Waals surface area (Å²) in [5, 5.41) is 11.9. The monoisotopic (exact) mass is 388 g/mol. The maximum absolute atomic E-state index is 12.5. The predicted molar refractivity (Wildman–Crippen MR) is 102 cm³/mol. The lowest BCUT2D eigenvalue weighted by Gasteiger charge is -2.23. The average molecular weight is 389 g/mol. The number of para-hydroxylation sites is 1. The Balaban J connectivity index is 1.89. The molecule has 2 rings (SSSR count). The first-order valence-corrected chi connectivity index (χ1v) is 8.77. The molecule has 1 aromatic carbocycles. The molecule has 0 fully saturated rings. The van der Waals surface area contributed by atoms with E-state index in [1.165, 1.54) is 4.90 Å². The lowest BCUT2D eigenvalue weighted by atomic mass is 10.3. The molecule has 0 aliphatic rings. The lowest BCUT2D eigenvalue weighted by Crippen LogP contribution is -2.41. The Bertz CT molecular complexity index is 802. The van der Waals surface area contributed by atoms with E-state index in [2.05, 4.69) is 11.4 Å². The van der Waals surface area contributed by atoms with Gasteiger partial charge in [-0.05, 0) is 24.3 Å². The Labute approximate surface area is 163 Å². The molecule has 7 nitrogen and oxygen atoms in total. The second-order valence-electron chi connectivity index (χ2n) is 5.98. The molecule has 2 amide bonds. The average Bonchev–Trinajstić information content (AvgIpc) is 3.14. The number of carbonyl (C=O) groups excluding carboxylic acids is 2. The van der Waals surface area contributed by atoms with Crippen LogP contribution in [0.4, 0.5) is 5.69 Å². The highest BCUT2D eigenvalue weighted by Gasteiger charge is 2.18. The largest absolute Gasteiger partial charge is 0.468 e. The SMILES string of the molecule is CN(CC(=O)Nc1ccccc1Cl)C(=O)CN(CCC#N)Cc1ccco1. The molecule has 1 N–H and O–H groups in total. The second-order valence-corrected chi connectivity index (χ2v) is 6.38. The smallest absolute Gasteiger partial charge is 0.244 e. The Morgan fingerprint density at radius 1 is 1.22 bits per heavy atom. The number of anilines is 1. The van der Waals surface area contributed by atoms with Crippen molar-refractivity contribution in [3.63, 3.8) is 0 Å². The molecule has 2 aromatic rings. The highest BCUT2D eigenvalue weighted by atomic mass is 35.5. The minimum Gasteiger partial charge on any atom is -0.468 e. The van der Waals surface area contributed by atoms with Crippen LogP contribution < -0.4 is 5.32 Å². The summed E-state index contributed by atoms with van der Waals surface area (Å²) in [6.07, 6.45) is 1.86. The van der Waals surface area contributed by atoms with Gasteiger partial charge in [-0.25, -0.2) is 0 Å². The van der Waals surface area contributed by atoms with E-state index in [4.69, 9.17) is 21.3 Å². The predicted octanol–water partition coefficient (Wildman–Crippen LogP) is 2.75. The van der Waals surface area contributed by atoms with E-state index >= 15 is 0 Å². The number of nitrogens with one attached hydrogen (secondary N) is 1. The fraction of sp³-hybridized carbons (Fsp3) is 0.316. The summed E-state index contributed by atoms with van der Waals surface area (Å²) in [6, 6.07) is 12.5. The van der Waals surface area contributed by atoms with Crippen LogP contribution in [0, 0.1) is 11.3 Å². The van der Waals surface area contributed by atoms with Crippen LogP contribution >= 0.6 is 11.6 Å². The van der Waals surface area contributed by atoms with Gasteiger partial charge in [-0.15, -0.1) is 0 Å².